The van der Waals surface area contributed by atoms with E-state index in [1.807, 2.05) is 31.2 Å². The number of benzene rings is 3. The Kier molecular flexibility index (Phi) is 10.8. The summed E-state index contributed by atoms with van der Waals surface area (Å²) >= 11 is 8.03. The van der Waals surface area contributed by atoms with Crippen molar-refractivity contribution < 1.29 is 38.0 Å². The van der Waals surface area contributed by atoms with Gasteiger partial charge in [0.2, 0.25) is 12.0 Å². The van der Waals surface area contributed by atoms with Crippen molar-refractivity contribution in [2.45, 2.75) is 33.0 Å². The van der Waals surface area contributed by atoms with Gasteiger partial charge in [0.05, 0.1) is 36.9 Å². The molecule has 3 aromatic heterocycles. The Labute approximate surface area is 301 Å². The summed E-state index contributed by atoms with van der Waals surface area (Å²) in [5.41, 5.74) is 3.80. The molecule has 0 spiro atoms. The fraction of sp³-hybridized carbons (Fsp3) is 0.216. The number of phenols is 1. The van der Waals surface area contributed by atoms with Crippen molar-refractivity contribution in [2.24, 2.45) is 0 Å². The van der Waals surface area contributed by atoms with Crippen molar-refractivity contribution in [3.8, 4) is 50.7 Å². The van der Waals surface area contributed by atoms with Crippen LogP contribution < -0.4 is 18.9 Å². The summed E-state index contributed by atoms with van der Waals surface area (Å²) in [5, 5.41) is 11.2. The number of ether oxygens (including phenoxy) is 5. The number of aromatic hydroxyl groups is 1. The van der Waals surface area contributed by atoms with Crippen LogP contribution in [0.15, 0.2) is 73.2 Å². The number of fused-ring (bicyclic) bond motifs is 1. The second-order valence-electron chi connectivity index (χ2n) is 11.1. The van der Waals surface area contributed by atoms with E-state index in [1.54, 1.807) is 37.4 Å². The van der Waals surface area contributed by atoms with Crippen molar-refractivity contribution in [3.05, 3.63) is 101 Å². The lowest BCUT2D eigenvalue weighted by Gasteiger charge is -2.20. The van der Waals surface area contributed by atoms with Crippen LogP contribution in [-0.4, -0.2) is 57.9 Å². The normalized spacial score (nSPS) is 11.6. The number of esters is 1. The molecule has 3 aromatic carbocycles. The molecule has 0 bridgehead atoms. The van der Waals surface area contributed by atoms with E-state index in [-0.39, 0.29) is 31.5 Å². The Morgan fingerprint density at radius 3 is 2.61 bits per heavy atom. The Bertz CT molecular complexity index is 2220. The number of hydrogen-bond acceptors (Lipinski definition) is 12. The van der Waals surface area contributed by atoms with Crippen LogP contribution in [-0.2, 0) is 22.6 Å². The van der Waals surface area contributed by atoms with Crippen LogP contribution in [0.2, 0.25) is 5.02 Å². The third-order valence-electron chi connectivity index (χ3n) is 7.93. The lowest BCUT2D eigenvalue weighted by molar-refractivity contribution is -0.151. The smallest absolute Gasteiger partial charge is 0.347 e. The van der Waals surface area contributed by atoms with Crippen LogP contribution in [0.25, 0.3) is 31.8 Å². The van der Waals surface area contributed by atoms with E-state index in [9.17, 15) is 14.3 Å². The van der Waals surface area contributed by atoms with Crippen LogP contribution in [0.1, 0.15) is 23.7 Å². The molecular weight excluding hydrogens is 699 g/mol. The number of rotatable bonds is 13. The van der Waals surface area contributed by atoms with E-state index < -0.39 is 23.6 Å². The van der Waals surface area contributed by atoms with Gasteiger partial charge in [0.1, 0.15) is 29.3 Å². The quantitative estimate of drug-likeness (QED) is 0.117. The van der Waals surface area contributed by atoms with Gasteiger partial charge in [-0.25, -0.2) is 24.1 Å². The fourth-order valence-electron chi connectivity index (χ4n) is 5.46. The van der Waals surface area contributed by atoms with Crippen LogP contribution in [0.4, 0.5) is 4.39 Å². The van der Waals surface area contributed by atoms with Gasteiger partial charge in [-0.15, -0.1) is 11.3 Å². The van der Waals surface area contributed by atoms with Crippen molar-refractivity contribution >= 4 is 39.1 Å². The summed E-state index contributed by atoms with van der Waals surface area (Å²) < 4.78 is 42.8. The largest absolute Gasteiger partial charge is 0.505 e. The zero-order valence-electron chi connectivity index (χ0n) is 28.0. The minimum atomic E-state index is -1.15. The Morgan fingerprint density at radius 2 is 1.84 bits per heavy atom. The lowest BCUT2D eigenvalue weighted by atomic mass is 9.95. The van der Waals surface area contributed by atoms with Gasteiger partial charge < -0.3 is 28.8 Å². The van der Waals surface area contributed by atoms with Gasteiger partial charge in [0.15, 0.2) is 11.6 Å². The number of phenolic OH excluding ortho intramolecular Hbond substituents is 1. The summed E-state index contributed by atoms with van der Waals surface area (Å²) in [6, 6.07) is 16.9. The molecule has 1 N–H and O–H groups in total. The summed E-state index contributed by atoms with van der Waals surface area (Å²) in [4.78, 5) is 32.0. The number of carbonyl (C=O) groups is 1. The molecule has 0 aliphatic carbocycles. The molecule has 0 unspecified atom stereocenters. The second kappa shape index (κ2) is 15.6. The highest BCUT2D eigenvalue weighted by Gasteiger charge is 2.29. The lowest BCUT2D eigenvalue weighted by Crippen LogP contribution is -2.32. The molecule has 11 nitrogen and oxygen atoms in total. The van der Waals surface area contributed by atoms with Crippen LogP contribution >= 0.6 is 22.9 Å². The average molecular weight is 731 g/mol. The molecule has 0 radical (unpaired) electrons. The van der Waals surface area contributed by atoms with Gasteiger partial charge in [-0.3, -0.25) is 0 Å². The summed E-state index contributed by atoms with van der Waals surface area (Å²) in [6.07, 6.45) is 1.83. The number of carbonyl (C=O) groups excluding carboxylic acids is 1. The maximum Gasteiger partial charge on any atom is 0.347 e. The van der Waals surface area contributed by atoms with E-state index >= 15 is 0 Å². The minimum Gasteiger partial charge on any atom is -0.505 e. The van der Waals surface area contributed by atoms with Crippen molar-refractivity contribution in [3.63, 3.8) is 0 Å². The maximum atomic E-state index is 14.2. The number of nitrogens with zero attached hydrogens (tertiary/aromatic N) is 4. The Morgan fingerprint density at radius 1 is 1.02 bits per heavy atom. The fourth-order valence-corrected chi connectivity index (χ4v) is 6.85. The van der Waals surface area contributed by atoms with Gasteiger partial charge in [-0.05, 0) is 66.4 Å². The first-order valence-electron chi connectivity index (χ1n) is 15.7. The van der Waals surface area contributed by atoms with E-state index in [0.29, 0.717) is 65.1 Å². The van der Waals surface area contributed by atoms with Gasteiger partial charge >= 0.3 is 12.0 Å². The highest BCUT2D eigenvalue weighted by molar-refractivity contribution is 7.22. The van der Waals surface area contributed by atoms with E-state index in [1.165, 1.54) is 44.0 Å². The monoisotopic (exact) mass is 730 g/mol. The standard InChI is InChI=1S/C37H32ClFN4O7S/c1-5-48-36(45)29(17-21-8-6-7-9-27(21)49-18-23-14-15-40-37(43-23)47-4)50-34-31-30(24-11-13-28(46-3)32(38)20(24)2)33(51-35(31)42-19-41-34)22-10-12-25(39)26(44)16-22/h6-16,19,29,44H,5,17-18H2,1-4H3/t29-/m1/s1. The average Bonchev–Trinajstić information content (AvgIpc) is 3.53. The molecule has 0 amide bonds. The molecule has 3 heterocycles. The van der Waals surface area contributed by atoms with Crippen LogP contribution in [0.3, 0.4) is 0 Å². The molecule has 14 heteroatoms. The number of methoxy groups -OCH3 is 2. The molecule has 0 aliphatic heterocycles. The van der Waals surface area contributed by atoms with Gasteiger partial charge in [0.25, 0.3) is 0 Å². The molecular formula is C37H32ClFN4O7S. The molecule has 6 rings (SSSR count). The maximum absolute atomic E-state index is 14.2. The zero-order chi connectivity index (χ0) is 36.1. The van der Waals surface area contributed by atoms with Gasteiger partial charge in [-0.1, -0.05) is 41.9 Å². The summed E-state index contributed by atoms with van der Waals surface area (Å²) in [5.74, 6) is -0.770. The number of aromatic nitrogens is 4. The first-order valence-corrected chi connectivity index (χ1v) is 16.9. The highest BCUT2D eigenvalue weighted by Crippen LogP contribution is 2.50. The SMILES string of the molecule is CCOC(=O)[C@@H](Cc1ccccc1OCc1ccnc(OC)n1)Oc1ncnc2sc(-c3ccc(F)c(O)c3)c(-c3ccc(OC)c(Cl)c3C)c12. The molecule has 0 saturated carbocycles. The first-order chi connectivity index (χ1) is 24.7. The van der Waals surface area contributed by atoms with E-state index in [4.69, 9.17) is 35.3 Å². The molecule has 0 fully saturated rings. The summed E-state index contributed by atoms with van der Waals surface area (Å²) in [6.45, 7) is 3.80. The second-order valence-corrected chi connectivity index (χ2v) is 12.5. The van der Waals surface area contributed by atoms with Crippen molar-refractivity contribution in [1.82, 2.24) is 19.9 Å². The summed E-state index contributed by atoms with van der Waals surface area (Å²) in [7, 11) is 3.01. The van der Waals surface area contributed by atoms with E-state index in [0.717, 1.165) is 0 Å². The Balaban J connectivity index is 1.44. The highest BCUT2D eigenvalue weighted by atomic mass is 35.5. The van der Waals surface area contributed by atoms with Gasteiger partial charge in [-0.2, -0.15) is 4.98 Å². The molecule has 6 aromatic rings. The van der Waals surface area contributed by atoms with E-state index in [2.05, 4.69) is 19.9 Å². The third kappa shape index (κ3) is 7.49. The van der Waals surface area contributed by atoms with Gasteiger partial charge in [0, 0.05) is 23.1 Å². The molecule has 0 saturated heterocycles. The van der Waals surface area contributed by atoms with Crippen LogP contribution in [0, 0.1) is 12.7 Å². The number of para-hydroxylation sites is 1. The molecule has 0 aliphatic rings. The molecule has 262 valence electrons. The number of hydrogen-bond donors (Lipinski definition) is 1. The number of halogens is 2. The first kappa shape index (κ1) is 35.3. The van der Waals surface area contributed by atoms with Crippen molar-refractivity contribution in [1.29, 1.82) is 0 Å². The topological polar surface area (TPSA) is 135 Å². The number of thiophene rings is 1. The third-order valence-corrected chi connectivity index (χ3v) is 9.55. The molecule has 1 atom stereocenters. The molecule has 51 heavy (non-hydrogen) atoms. The minimum absolute atomic E-state index is 0.0686. The zero-order valence-corrected chi connectivity index (χ0v) is 29.5. The van der Waals surface area contributed by atoms with Crippen molar-refractivity contribution in [2.75, 3.05) is 20.8 Å². The van der Waals surface area contributed by atoms with Crippen LogP contribution in [0.5, 0.6) is 29.1 Å². The Hall–Kier alpha value is -5.53. The predicted octanol–water partition coefficient (Wildman–Crippen LogP) is 7.77. The predicted molar refractivity (Wildman–Crippen MR) is 190 cm³/mol.